The monoisotopic (exact) mass is 314 g/mol. The van der Waals surface area contributed by atoms with E-state index in [1.165, 1.54) is 29.6 Å². The number of nitrogens with zero attached hydrogens (tertiary/aromatic N) is 1. The summed E-state index contributed by atoms with van der Waals surface area (Å²) in [4.78, 5) is 0.173. The fourth-order valence-corrected chi connectivity index (χ4v) is 3.59. The van der Waals surface area contributed by atoms with Crippen molar-refractivity contribution in [1.29, 1.82) is 0 Å². The molecule has 118 valence electrons. The van der Waals surface area contributed by atoms with Gasteiger partial charge in [-0.25, -0.2) is 8.42 Å². The van der Waals surface area contributed by atoms with E-state index in [0.29, 0.717) is 24.6 Å². The summed E-state index contributed by atoms with van der Waals surface area (Å²) in [6.07, 6.45) is 2.98. The lowest BCUT2D eigenvalue weighted by molar-refractivity contribution is 0.00858. The molecular formula is C14H22N2O4S. The largest absolute Gasteiger partial charge is 0.495 e. The number of hydrogen-bond acceptors (Lipinski definition) is 5. The molecule has 0 aromatic heterocycles. The average Bonchev–Trinajstić information content (AvgIpc) is 2.48. The van der Waals surface area contributed by atoms with Gasteiger partial charge in [0.25, 0.3) is 0 Å². The molecule has 1 aliphatic heterocycles. The number of nitrogens with two attached hydrogens (primary N) is 1. The van der Waals surface area contributed by atoms with Gasteiger partial charge < -0.3 is 15.2 Å². The maximum Gasteiger partial charge on any atom is 0.243 e. The van der Waals surface area contributed by atoms with Gasteiger partial charge >= 0.3 is 0 Å². The van der Waals surface area contributed by atoms with Gasteiger partial charge in [0.15, 0.2) is 0 Å². The second-order valence-electron chi connectivity index (χ2n) is 5.18. The van der Waals surface area contributed by atoms with Crippen LogP contribution in [0.25, 0.3) is 0 Å². The maximum atomic E-state index is 12.6. The van der Waals surface area contributed by atoms with E-state index < -0.39 is 10.0 Å². The van der Waals surface area contributed by atoms with E-state index in [-0.39, 0.29) is 11.0 Å². The van der Waals surface area contributed by atoms with Crippen molar-refractivity contribution in [2.24, 2.45) is 0 Å². The molecule has 2 rings (SSSR count). The summed E-state index contributed by atoms with van der Waals surface area (Å²) in [6.45, 7) is 1.06. The predicted molar refractivity (Wildman–Crippen MR) is 80.8 cm³/mol. The highest BCUT2D eigenvalue weighted by Crippen LogP contribution is 2.26. The summed E-state index contributed by atoms with van der Waals surface area (Å²) < 4.78 is 37.1. The van der Waals surface area contributed by atoms with Crippen LogP contribution in [0.3, 0.4) is 0 Å². The quantitative estimate of drug-likeness (QED) is 0.832. The van der Waals surface area contributed by atoms with Crippen molar-refractivity contribution in [3.05, 3.63) is 18.2 Å². The number of likely N-dealkylation sites (N-methyl/N-ethyl adjacent to an activating group) is 1. The Bertz CT molecular complexity index is 583. The fraction of sp³-hybridized carbons (Fsp3) is 0.571. The molecule has 21 heavy (non-hydrogen) atoms. The molecule has 2 N–H and O–H groups in total. The van der Waals surface area contributed by atoms with Crippen molar-refractivity contribution in [2.45, 2.75) is 30.3 Å². The smallest absolute Gasteiger partial charge is 0.243 e. The van der Waals surface area contributed by atoms with Crippen LogP contribution in [0.1, 0.15) is 19.3 Å². The Balaban J connectivity index is 2.16. The number of ether oxygens (including phenoxy) is 2. The second kappa shape index (κ2) is 6.64. The number of sulfonamides is 1. The van der Waals surface area contributed by atoms with Crippen LogP contribution in [-0.2, 0) is 14.8 Å². The minimum atomic E-state index is -3.57. The van der Waals surface area contributed by atoms with E-state index in [2.05, 4.69) is 0 Å². The Morgan fingerprint density at radius 1 is 1.43 bits per heavy atom. The third kappa shape index (κ3) is 3.66. The zero-order chi connectivity index (χ0) is 15.5. The summed E-state index contributed by atoms with van der Waals surface area (Å²) in [6, 6.07) is 4.48. The highest BCUT2D eigenvalue weighted by molar-refractivity contribution is 7.89. The van der Waals surface area contributed by atoms with Crippen LogP contribution in [0, 0.1) is 0 Å². The van der Waals surface area contributed by atoms with Gasteiger partial charge in [-0.05, 0) is 31.4 Å². The van der Waals surface area contributed by atoms with Crippen molar-refractivity contribution in [2.75, 3.05) is 33.0 Å². The summed E-state index contributed by atoms with van der Waals surface area (Å²) in [5.41, 5.74) is 6.13. The first kappa shape index (κ1) is 16.1. The van der Waals surface area contributed by atoms with E-state index in [0.717, 1.165) is 19.3 Å². The van der Waals surface area contributed by atoms with E-state index in [4.69, 9.17) is 15.2 Å². The number of hydrogen-bond donors (Lipinski definition) is 1. The van der Waals surface area contributed by atoms with Crippen molar-refractivity contribution in [1.82, 2.24) is 4.31 Å². The summed E-state index contributed by atoms with van der Waals surface area (Å²) in [7, 11) is -0.544. The molecule has 0 radical (unpaired) electrons. The van der Waals surface area contributed by atoms with Gasteiger partial charge in [-0.3, -0.25) is 0 Å². The zero-order valence-corrected chi connectivity index (χ0v) is 13.2. The van der Waals surface area contributed by atoms with Crippen molar-refractivity contribution < 1.29 is 17.9 Å². The molecule has 6 nitrogen and oxygen atoms in total. The van der Waals surface area contributed by atoms with Crippen molar-refractivity contribution in [3.63, 3.8) is 0 Å². The molecule has 0 saturated carbocycles. The second-order valence-corrected chi connectivity index (χ2v) is 7.22. The number of anilines is 1. The Morgan fingerprint density at radius 2 is 2.19 bits per heavy atom. The van der Waals surface area contributed by atoms with Crippen LogP contribution < -0.4 is 10.5 Å². The van der Waals surface area contributed by atoms with E-state index in [9.17, 15) is 8.42 Å². The third-order valence-corrected chi connectivity index (χ3v) is 5.47. The molecule has 1 aromatic rings. The van der Waals surface area contributed by atoms with Crippen LogP contribution in [0.5, 0.6) is 5.75 Å². The van der Waals surface area contributed by atoms with Gasteiger partial charge in [-0.2, -0.15) is 4.31 Å². The van der Waals surface area contributed by atoms with Gasteiger partial charge in [-0.1, -0.05) is 0 Å². The van der Waals surface area contributed by atoms with Crippen LogP contribution in [0.4, 0.5) is 5.69 Å². The lowest BCUT2D eigenvalue weighted by atomic mass is 10.1. The van der Waals surface area contributed by atoms with Gasteiger partial charge in [0, 0.05) is 26.3 Å². The molecule has 0 bridgehead atoms. The Labute approximate surface area is 125 Å². The van der Waals surface area contributed by atoms with Crippen molar-refractivity contribution in [3.8, 4) is 5.75 Å². The standard InChI is InChI=1S/C14H22N2O4S/c1-16(10-11-5-3-4-8-20-11)21(17,18)12-6-7-13(15)14(9-12)19-2/h6-7,9,11H,3-5,8,10,15H2,1-2H3. The number of nitrogen functional groups attached to an aromatic ring is 1. The van der Waals surface area contributed by atoms with Crippen LogP contribution in [0.15, 0.2) is 23.1 Å². The van der Waals surface area contributed by atoms with Gasteiger partial charge in [-0.15, -0.1) is 0 Å². The van der Waals surface area contributed by atoms with Crippen LogP contribution in [-0.4, -0.2) is 46.1 Å². The summed E-state index contributed by atoms with van der Waals surface area (Å²) >= 11 is 0. The highest BCUT2D eigenvalue weighted by atomic mass is 32.2. The molecule has 1 aromatic carbocycles. The lowest BCUT2D eigenvalue weighted by Crippen LogP contribution is -2.37. The molecule has 7 heteroatoms. The molecule has 0 spiro atoms. The summed E-state index contributed by atoms with van der Waals surface area (Å²) in [5.74, 6) is 0.360. The van der Waals surface area contributed by atoms with Gasteiger partial charge in [0.1, 0.15) is 5.75 Å². The maximum absolute atomic E-state index is 12.6. The molecule has 0 aliphatic carbocycles. The Hall–Kier alpha value is -1.31. The third-order valence-electron chi connectivity index (χ3n) is 3.65. The van der Waals surface area contributed by atoms with Crippen molar-refractivity contribution >= 4 is 15.7 Å². The first-order chi connectivity index (χ1) is 9.95. The average molecular weight is 314 g/mol. The molecule has 1 fully saturated rings. The highest BCUT2D eigenvalue weighted by Gasteiger charge is 2.26. The minimum Gasteiger partial charge on any atom is -0.495 e. The molecule has 1 saturated heterocycles. The fourth-order valence-electron chi connectivity index (χ4n) is 2.37. The topological polar surface area (TPSA) is 81.9 Å². The molecule has 1 heterocycles. The summed E-state index contributed by atoms with van der Waals surface area (Å²) in [5, 5.41) is 0. The predicted octanol–water partition coefficient (Wildman–Crippen LogP) is 1.47. The number of benzene rings is 1. The van der Waals surface area contributed by atoms with Gasteiger partial charge in [0.2, 0.25) is 10.0 Å². The number of methoxy groups -OCH3 is 1. The molecular weight excluding hydrogens is 292 g/mol. The Morgan fingerprint density at radius 3 is 2.81 bits per heavy atom. The molecule has 0 amide bonds. The van der Waals surface area contributed by atoms with Crippen LogP contribution >= 0.6 is 0 Å². The first-order valence-electron chi connectivity index (χ1n) is 6.96. The zero-order valence-electron chi connectivity index (χ0n) is 12.4. The first-order valence-corrected chi connectivity index (χ1v) is 8.40. The Kier molecular flexibility index (Phi) is 5.08. The molecule has 1 unspecified atom stereocenters. The van der Waals surface area contributed by atoms with Gasteiger partial charge in [0.05, 0.1) is 23.8 Å². The van der Waals surface area contributed by atoms with E-state index in [1.807, 2.05) is 0 Å². The van der Waals surface area contributed by atoms with E-state index >= 15 is 0 Å². The normalized spacial score (nSPS) is 19.7. The molecule has 1 atom stereocenters. The number of rotatable bonds is 5. The lowest BCUT2D eigenvalue weighted by Gasteiger charge is -2.27. The SMILES string of the molecule is COc1cc(S(=O)(=O)N(C)CC2CCCCO2)ccc1N. The van der Waals surface area contributed by atoms with E-state index in [1.54, 1.807) is 7.05 Å². The molecule has 1 aliphatic rings. The van der Waals surface area contributed by atoms with Crippen LogP contribution in [0.2, 0.25) is 0 Å². The minimum absolute atomic E-state index is 0.0331.